The average molecular weight is 265 g/mol. The SMILES string of the molecule is CCC(CC)C(=O)NCC(=O)c1ccc(F)c(C)c1. The number of benzene rings is 1. The summed E-state index contributed by atoms with van der Waals surface area (Å²) in [5, 5.41) is 2.63. The third-order valence-corrected chi connectivity index (χ3v) is 3.26. The molecule has 0 saturated carbocycles. The molecule has 0 radical (unpaired) electrons. The van der Waals surface area contributed by atoms with E-state index in [1.807, 2.05) is 13.8 Å². The zero-order valence-corrected chi connectivity index (χ0v) is 11.6. The number of halogens is 1. The van der Waals surface area contributed by atoms with Gasteiger partial charge >= 0.3 is 0 Å². The molecule has 3 nitrogen and oxygen atoms in total. The van der Waals surface area contributed by atoms with Crippen molar-refractivity contribution in [3.8, 4) is 0 Å². The Morgan fingerprint density at radius 3 is 2.42 bits per heavy atom. The summed E-state index contributed by atoms with van der Waals surface area (Å²) < 4.78 is 13.1. The highest BCUT2D eigenvalue weighted by molar-refractivity contribution is 5.99. The molecule has 1 aromatic carbocycles. The molecule has 19 heavy (non-hydrogen) atoms. The van der Waals surface area contributed by atoms with Gasteiger partial charge in [-0.3, -0.25) is 9.59 Å². The second-order valence-electron chi connectivity index (χ2n) is 4.62. The van der Waals surface area contributed by atoms with Crippen LogP contribution in [0.1, 0.15) is 42.6 Å². The maximum absolute atomic E-state index is 13.1. The smallest absolute Gasteiger partial charge is 0.223 e. The Balaban J connectivity index is 2.60. The summed E-state index contributed by atoms with van der Waals surface area (Å²) in [5.41, 5.74) is 0.848. The Kier molecular flexibility index (Phi) is 5.67. The zero-order chi connectivity index (χ0) is 14.4. The number of amides is 1. The average Bonchev–Trinajstić information content (AvgIpc) is 2.40. The minimum atomic E-state index is -0.336. The highest BCUT2D eigenvalue weighted by atomic mass is 19.1. The molecule has 0 aliphatic heterocycles. The van der Waals surface area contributed by atoms with Crippen molar-refractivity contribution in [3.05, 3.63) is 35.1 Å². The molecule has 0 unspecified atom stereocenters. The lowest BCUT2D eigenvalue weighted by Gasteiger charge is -2.12. The molecule has 1 aromatic rings. The number of Topliss-reactive ketones (excluding diaryl/α,β-unsaturated/α-hetero) is 1. The van der Waals surface area contributed by atoms with E-state index in [1.54, 1.807) is 6.92 Å². The van der Waals surface area contributed by atoms with Gasteiger partial charge in [-0.05, 0) is 43.5 Å². The fraction of sp³-hybridized carbons (Fsp3) is 0.467. The van der Waals surface area contributed by atoms with E-state index in [1.165, 1.54) is 18.2 Å². The quantitative estimate of drug-likeness (QED) is 0.804. The third kappa shape index (κ3) is 4.16. The van der Waals surface area contributed by atoms with E-state index in [2.05, 4.69) is 5.32 Å². The van der Waals surface area contributed by atoms with E-state index < -0.39 is 0 Å². The first-order valence-corrected chi connectivity index (χ1v) is 6.56. The number of hydrogen-bond acceptors (Lipinski definition) is 2. The topological polar surface area (TPSA) is 46.2 Å². The van der Waals surface area contributed by atoms with Crippen LogP contribution in [0.2, 0.25) is 0 Å². The van der Waals surface area contributed by atoms with Crippen molar-refractivity contribution in [2.24, 2.45) is 5.92 Å². The zero-order valence-electron chi connectivity index (χ0n) is 11.6. The molecule has 0 aliphatic carbocycles. The van der Waals surface area contributed by atoms with Crippen LogP contribution >= 0.6 is 0 Å². The molecule has 1 N–H and O–H groups in total. The first kappa shape index (κ1) is 15.3. The molecule has 0 bridgehead atoms. The molecule has 0 saturated heterocycles. The lowest BCUT2D eigenvalue weighted by atomic mass is 10.0. The third-order valence-electron chi connectivity index (χ3n) is 3.26. The van der Waals surface area contributed by atoms with E-state index in [9.17, 15) is 14.0 Å². The molecule has 0 heterocycles. The van der Waals surface area contributed by atoms with Crippen molar-refractivity contribution in [2.75, 3.05) is 6.54 Å². The minimum Gasteiger partial charge on any atom is -0.348 e. The fourth-order valence-corrected chi connectivity index (χ4v) is 1.89. The van der Waals surface area contributed by atoms with E-state index >= 15 is 0 Å². The minimum absolute atomic E-state index is 0.0413. The van der Waals surface area contributed by atoms with Crippen LogP contribution in [0, 0.1) is 18.7 Å². The number of rotatable bonds is 6. The Bertz CT molecular complexity index is 467. The van der Waals surface area contributed by atoms with Gasteiger partial charge in [-0.2, -0.15) is 0 Å². The number of nitrogens with one attached hydrogen (secondary N) is 1. The van der Waals surface area contributed by atoms with E-state index in [-0.39, 0.29) is 30.0 Å². The van der Waals surface area contributed by atoms with Crippen LogP contribution < -0.4 is 5.32 Å². The molecule has 1 rings (SSSR count). The monoisotopic (exact) mass is 265 g/mol. The van der Waals surface area contributed by atoms with Gasteiger partial charge < -0.3 is 5.32 Å². The molecule has 0 aromatic heterocycles. The first-order chi connectivity index (χ1) is 8.99. The van der Waals surface area contributed by atoms with Crippen LogP contribution in [0.3, 0.4) is 0 Å². The van der Waals surface area contributed by atoms with Crippen molar-refractivity contribution >= 4 is 11.7 Å². The van der Waals surface area contributed by atoms with Crippen LogP contribution in [0.25, 0.3) is 0 Å². The lowest BCUT2D eigenvalue weighted by molar-refractivity contribution is -0.125. The van der Waals surface area contributed by atoms with E-state index in [4.69, 9.17) is 0 Å². The molecular weight excluding hydrogens is 245 g/mol. The Hall–Kier alpha value is -1.71. The number of carbonyl (C=O) groups excluding carboxylic acids is 2. The van der Waals surface area contributed by atoms with Crippen molar-refractivity contribution in [1.82, 2.24) is 5.32 Å². The van der Waals surface area contributed by atoms with Crippen molar-refractivity contribution in [2.45, 2.75) is 33.6 Å². The summed E-state index contributed by atoms with van der Waals surface area (Å²) in [6.45, 7) is 5.45. The van der Waals surface area contributed by atoms with E-state index in [0.29, 0.717) is 11.1 Å². The Morgan fingerprint density at radius 1 is 1.26 bits per heavy atom. The summed E-state index contributed by atoms with van der Waals surface area (Å²) in [7, 11) is 0. The molecule has 0 spiro atoms. The molecule has 0 fully saturated rings. The van der Waals surface area contributed by atoms with Gasteiger partial charge in [-0.25, -0.2) is 4.39 Å². The summed E-state index contributed by atoms with van der Waals surface area (Å²) in [6, 6.07) is 4.21. The van der Waals surface area contributed by atoms with Gasteiger partial charge in [0, 0.05) is 11.5 Å². The van der Waals surface area contributed by atoms with Crippen LogP contribution in [0.5, 0.6) is 0 Å². The summed E-state index contributed by atoms with van der Waals surface area (Å²) in [6.07, 6.45) is 1.51. The maximum Gasteiger partial charge on any atom is 0.223 e. The highest BCUT2D eigenvalue weighted by Gasteiger charge is 2.15. The lowest BCUT2D eigenvalue weighted by Crippen LogP contribution is -2.34. The standard InChI is InChI=1S/C15H20FNO2/c1-4-11(5-2)15(19)17-9-14(18)12-6-7-13(16)10(3)8-12/h6-8,11H,4-5,9H2,1-3H3,(H,17,19). The van der Waals surface area contributed by atoms with Crippen molar-refractivity contribution < 1.29 is 14.0 Å². The Labute approximate surface area is 113 Å². The van der Waals surface area contributed by atoms with Crippen molar-refractivity contribution in [3.63, 3.8) is 0 Å². The number of aryl methyl sites for hydroxylation is 1. The largest absolute Gasteiger partial charge is 0.348 e. The summed E-state index contributed by atoms with van der Waals surface area (Å²) in [4.78, 5) is 23.6. The number of hydrogen-bond donors (Lipinski definition) is 1. The molecular formula is C15H20FNO2. The molecule has 1 amide bonds. The Morgan fingerprint density at radius 2 is 1.89 bits per heavy atom. The van der Waals surface area contributed by atoms with Gasteiger partial charge in [0.05, 0.1) is 6.54 Å². The molecule has 4 heteroatoms. The van der Waals surface area contributed by atoms with Crippen LogP contribution in [-0.2, 0) is 4.79 Å². The normalized spacial score (nSPS) is 10.6. The predicted octanol–water partition coefficient (Wildman–Crippen LogP) is 2.87. The summed E-state index contributed by atoms with van der Waals surface area (Å²) in [5.74, 6) is -0.694. The van der Waals surface area contributed by atoms with Gasteiger partial charge in [0.2, 0.25) is 5.91 Å². The molecule has 0 atom stereocenters. The van der Waals surface area contributed by atoms with Crippen LogP contribution in [0.15, 0.2) is 18.2 Å². The van der Waals surface area contributed by atoms with E-state index in [0.717, 1.165) is 12.8 Å². The second kappa shape index (κ2) is 7.02. The number of ketones is 1. The van der Waals surface area contributed by atoms with Gasteiger partial charge in [0.1, 0.15) is 5.82 Å². The van der Waals surface area contributed by atoms with Gasteiger partial charge in [-0.15, -0.1) is 0 Å². The highest BCUT2D eigenvalue weighted by Crippen LogP contribution is 2.10. The van der Waals surface area contributed by atoms with Crippen LogP contribution in [0.4, 0.5) is 4.39 Å². The molecule has 104 valence electrons. The van der Waals surface area contributed by atoms with Gasteiger partial charge in [0.25, 0.3) is 0 Å². The fourth-order valence-electron chi connectivity index (χ4n) is 1.89. The van der Waals surface area contributed by atoms with Gasteiger partial charge in [-0.1, -0.05) is 13.8 Å². The predicted molar refractivity (Wildman–Crippen MR) is 72.5 cm³/mol. The number of carbonyl (C=O) groups is 2. The summed E-state index contributed by atoms with van der Waals surface area (Å²) >= 11 is 0. The second-order valence-corrected chi connectivity index (χ2v) is 4.62. The van der Waals surface area contributed by atoms with Crippen LogP contribution in [-0.4, -0.2) is 18.2 Å². The first-order valence-electron chi connectivity index (χ1n) is 6.56. The van der Waals surface area contributed by atoms with Crippen molar-refractivity contribution in [1.29, 1.82) is 0 Å². The van der Waals surface area contributed by atoms with Gasteiger partial charge in [0.15, 0.2) is 5.78 Å². The maximum atomic E-state index is 13.1. The molecule has 0 aliphatic rings.